The Morgan fingerprint density at radius 2 is 1.55 bits per heavy atom. The molecule has 3 aromatic rings. The van der Waals surface area contributed by atoms with Crippen LogP contribution in [0.4, 0.5) is 0 Å². The van der Waals surface area contributed by atoms with E-state index in [0.717, 1.165) is 27.1 Å². The van der Waals surface area contributed by atoms with E-state index in [4.69, 9.17) is 46.4 Å². The van der Waals surface area contributed by atoms with E-state index in [1.807, 2.05) is 36.4 Å². The van der Waals surface area contributed by atoms with Crippen molar-refractivity contribution in [2.45, 2.75) is 5.88 Å². The summed E-state index contributed by atoms with van der Waals surface area (Å²) in [6.07, 6.45) is 0. The number of benzene rings is 2. The number of rotatable bonds is 3. The molecule has 2 aromatic carbocycles. The van der Waals surface area contributed by atoms with Crippen molar-refractivity contribution in [3.05, 3.63) is 68.5 Å². The Balaban J connectivity index is 2.21. The van der Waals surface area contributed by atoms with Crippen molar-refractivity contribution in [1.29, 1.82) is 0 Å². The number of hydrogen-bond acceptors (Lipinski definition) is 1. The third kappa shape index (κ3) is 3.15. The number of alkyl halides is 1. The van der Waals surface area contributed by atoms with E-state index in [9.17, 15) is 0 Å². The van der Waals surface area contributed by atoms with Crippen molar-refractivity contribution in [2.75, 3.05) is 0 Å². The number of hydrogen-bond donors (Lipinski definition) is 0. The molecule has 0 aliphatic carbocycles. The van der Waals surface area contributed by atoms with Crippen molar-refractivity contribution in [1.82, 2.24) is 0 Å². The van der Waals surface area contributed by atoms with E-state index in [0.29, 0.717) is 20.9 Å². The normalized spacial score (nSPS) is 10.9. The van der Waals surface area contributed by atoms with Gasteiger partial charge in [-0.3, -0.25) is 0 Å². The molecule has 0 nitrogen and oxygen atoms in total. The lowest BCUT2D eigenvalue weighted by Crippen LogP contribution is -1.85. The first-order valence-corrected chi connectivity index (χ1v) is 9.02. The van der Waals surface area contributed by atoms with Gasteiger partial charge in [-0.1, -0.05) is 53.0 Å². The second kappa shape index (κ2) is 6.82. The zero-order valence-electron chi connectivity index (χ0n) is 11.2. The molecule has 0 saturated heterocycles. The summed E-state index contributed by atoms with van der Waals surface area (Å²) in [6, 6.07) is 13.3. The van der Waals surface area contributed by atoms with Crippen LogP contribution in [-0.2, 0) is 5.88 Å². The minimum atomic E-state index is 0.444. The first-order valence-electron chi connectivity index (χ1n) is 6.48. The van der Waals surface area contributed by atoms with Crippen LogP contribution in [-0.4, -0.2) is 0 Å². The Hall–Kier alpha value is -0.700. The molecule has 0 spiro atoms. The SMILES string of the molecule is ClCc1csc(-c2ccc(Cl)cc2Cl)c1-c1ccc(Cl)cc1. The van der Waals surface area contributed by atoms with Crippen molar-refractivity contribution in [2.24, 2.45) is 0 Å². The van der Waals surface area contributed by atoms with E-state index in [1.54, 1.807) is 17.4 Å². The summed E-state index contributed by atoms with van der Waals surface area (Å²) in [5, 5.41) is 4.02. The Morgan fingerprint density at radius 1 is 0.864 bits per heavy atom. The van der Waals surface area contributed by atoms with Gasteiger partial charge in [-0.25, -0.2) is 0 Å². The van der Waals surface area contributed by atoms with Crippen molar-refractivity contribution < 1.29 is 0 Å². The smallest absolute Gasteiger partial charge is 0.0507 e. The lowest BCUT2D eigenvalue weighted by atomic mass is 9.99. The molecule has 3 rings (SSSR count). The molecule has 112 valence electrons. The second-order valence-electron chi connectivity index (χ2n) is 4.73. The van der Waals surface area contributed by atoms with Gasteiger partial charge in [-0.2, -0.15) is 0 Å². The van der Waals surface area contributed by atoms with Crippen LogP contribution in [0.15, 0.2) is 47.8 Å². The summed E-state index contributed by atoms with van der Waals surface area (Å²) in [5.41, 5.74) is 4.20. The molecule has 0 saturated carbocycles. The molecular weight excluding hydrogens is 378 g/mol. The molecular formula is C17H10Cl4S. The molecule has 5 heteroatoms. The fourth-order valence-corrected chi connectivity index (χ4v) is 4.42. The fraction of sp³-hybridized carbons (Fsp3) is 0.0588. The largest absolute Gasteiger partial charge is 0.143 e. The lowest BCUT2D eigenvalue weighted by molar-refractivity contribution is 1.45. The molecule has 0 atom stereocenters. The summed E-state index contributed by atoms with van der Waals surface area (Å²) < 4.78 is 0. The highest BCUT2D eigenvalue weighted by atomic mass is 35.5. The average molecular weight is 388 g/mol. The van der Waals surface area contributed by atoms with Gasteiger partial charge in [0.2, 0.25) is 0 Å². The third-order valence-corrected chi connectivity index (χ3v) is 5.47. The van der Waals surface area contributed by atoms with Gasteiger partial charge in [0.25, 0.3) is 0 Å². The van der Waals surface area contributed by atoms with Gasteiger partial charge < -0.3 is 0 Å². The topological polar surface area (TPSA) is 0 Å². The Kier molecular flexibility index (Phi) is 5.01. The zero-order valence-corrected chi connectivity index (χ0v) is 15.1. The van der Waals surface area contributed by atoms with E-state index in [-0.39, 0.29) is 0 Å². The van der Waals surface area contributed by atoms with Gasteiger partial charge in [-0.15, -0.1) is 22.9 Å². The lowest BCUT2D eigenvalue weighted by Gasteiger charge is -2.09. The summed E-state index contributed by atoms with van der Waals surface area (Å²) in [7, 11) is 0. The third-order valence-electron chi connectivity index (χ3n) is 3.32. The number of thiophene rings is 1. The average Bonchev–Trinajstić information content (AvgIpc) is 2.92. The molecule has 0 amide bonds. The van der Waals surface area contributed by atoms with E-state index < -0.39 is 0 Å². The second-order valence-corrected chi connectivity index (χ2v) is 7.16. The molecule has 0 radical (unpaired) electrons. The minimum Gasteiger partial charge on any atom is -0.143 e. The first-order chi connectivity index (χ1) is 10.6. The maximum absolute atomic E-state index is 6.37. The monoisotopic (exact) mass is 386 g/mol. The van der Waals surface area contributed by atoms with Crippen molar-refractivity contribution >= 4 is 57.7 Å². The Labute approximate surface area is 153 Å². The summed E-state index contributed by atoms with van der Waals surface area (Å²) >= 11 is 26.1. The van der Waals surface area contributed by atoms with E-state index in [1.165, 1.54) is 0 Å². The van der Waals surface area contributed by atoms with E-state index >= 15 is 0 Å². The summed E-state index contributed by atoms with van der Waals surface area (Å²) in [4.78, 5) is 1.08. The van der Waals surface area contributed by atoms with Gasteiger partial charge in [-0.05, 0) is 40.8 Å². The van der Waals surface area contributed by atoms with Crippen LogP contribution in [0.2, 0.25) is 15.1 Å². The first kappa shape index (κ1) is 16.2. The predicted octanol–water partition coefficient (Wildman–Crippen LogP) is 7.78. The van der Waals surface area contributed by atoms with Crippen LogP contribution in [0.25, 0.3) is 21.6 Å². The van der Waals surface area contributed by atoms with Crippen molar-refractivity contribution in [3.8, 4) is 21.6 Å². The van der Waals surface area contributed by atoms with Crippen LogP contribution in [0, 0.1) is 0 Å². The standard InChI is InChI=1S/C17H10Cl4S/c18-8-11-9-22-17(14-6-5-13(20)7-15(14)21)16(11)10-1-3-12(19)4-2-10/h1-7,9H,8H2. The quantitative estimate of drug-likeness (QED) is 0.402. The number of halogens is 4. The highest BCUT2D eigenvalue weighted by Gasteiger charge is 2.17. The van der Waals surface area contributed by atoms with Gasteiger partial charge in [0, 0.05) is 31.9 Å². The fourth-order valence-electron chi connectivity index (χ4n) is 2.30. The maximum atomic E-state index is 6.37. The molecule has 0 aliphatic rings. The van der Waals surface area contributed by atoms with Gasteiger partial charge >= 0.3 is 0 Å². The van der Waals surface area contributed by atoms with E-state index in [2.05, 4.69) is 5.38 Å². The molecule has 1 aromatic heterocycles. The Morgan fingerprint density at radius 3 is 2.18 bits per heavy atom. The van der Waals surface area contributed by atoms with Gasteiger partial charge in [0.05, 0.1) is 5.02 Å². The van der Waals surface area contributed by atoms with Crippen LogP contribution >= 0.6 is 57.7 Å². The minimum absolute atomic E-state index is 0.444. The van der Waals surface area contributed by atoms with Gasteiger partial charge in [0.1, 0.15) is 0 Å². The Bertz CT molecular complexity index is 806. The van der Waals surface area contributed by atoms with Crippen LogP contribution in [0.5, 0.6) is 0 Å². The van der Waals surface area contributed by atoms with Crippen LogP contribution in [0.3, 0.4) is 0 Å². The highest BCUT2D eigenvalue weighted by molar-refractivity contribution is 7.14. The molecule has 0 aliphatic heterocycles. The van der Waals surface area contributed by atoms with Gasteiger partial charge in [0.15, 0.2) is 0 Å². The molecule has 0 fully saturated rings. The highest BCUT2D eigenvalue weighted by Crippen LogP contribution is 2.43. The van der Waals surface area contributed by atoms with Crippen LogP contribution in [0.1, 0.15) is 5.56 Å². The predicted molar refractivity (Wildman–Crippen MR) is 99.8 cm³/mol. The molecule has 22 heavy (non-hydrogen) atoms. The molecule has 0 N–H and O–H groups in total. The van der Waals surface area contributed by atoms with Crippen molar-refractivity contribution in [3.63, 3.8) is 0 Å². The maximum Gasteiger partial charge on any atom is 0.0507 e. The molecule has 1 heterocycles. The molecule has 0 unspecified atom stereocenters. The molecule has 0 bridgehead atoms. The summed E-state index contributed by atoms with van der Waals surface area (Å²) in [5.74, 6) is 0.444. The summed E-state index contributed by atoms with van der Waals surface area (Å²) in [6.45, 7) is 0. The van der Waals surface area contributed by atoms with Crippen LogP contribution < -0.4 is 0 Å². The zero-order chi connectivity index (χ0) is 15.7.